The average molecular weight is 449 g/mol. The van der Waals surface area contributed by atoms with Crippen LogP contribution in [0.5, 0.6) is 0 Å². The van der Waals surface area contributed by atoms with Gasteiger partial charge in [0.05, 0.1) is 18.2 Å². The highest BCUT2D eigenvalue weighted by Crippen LogP contribution is 2.36. The highest BCUT2D eigenvalue weighted by molar-refractivity contribution is 5.97. The topological polar surface area (TPSA) is 91.6 Å². The van der Waals surface area contributed by atoms with Crippen molar-refractivity contribution in [1.29, 1.82) is 0 Å². The van der Waals surface area contributed by atoms with E-state index >= 15 is 0 Å². The normalized spacial score (nSPS) is 22.3. The molecule has 2 unspecified atom stereocenters. The summed E-state index contributed by atoms with van der Waals surface area (Å²) in [5.41, 5.74) is -2.12. The predicted octanol–water partition coefficient (Wildman–Crippen LogP) is 2.13. The lowest BCUT2D eigenvalue weighted by atomic mass is 9.95. The average Bonchev–Trinajstić information content (AvgIpc) is 2.89. The van der Waals surface area contributed by atoms with Crippen molar-refractivity contribution < 1.29 is 27.9 Å². The molecule has 2 amide bonds. The standard InChI is InChI=1S/C22H22F3N3O4/c1-22(11-29)4-2-3-13-9-28(22)21(32)18-7-19(30)15(10-27(13)18)20(31)26-8-14-16(24)5-12(23)6-17(14)25/h5-7,10,13,29H,2-4,8-9,11H2,1H3,(H,26,31). The van der Waals surface area contributed by atoms with Gasteiger partial charge in [-0.3, -0.25) is 14.4 Å². The van der Waals surface area contributed by atoms with Crippen LogP contribution in [0.15, 0.2) is 29.2 Å². The molecule has 32 heavy (non-hydrogen) atoms. The van der Waals surface area contributed by atoms with E-state index in [0.29, 0.717) is 31.5 Å². The number of carbonyl (C=O) groups excluding carboxylic acids is 2. The number of fused-ring (bicyclic) bond motifs is 4. The Bertz CT molecular complexity index is 1140. The van der Waals surface area contributed by atoms with Gasteiger partial charge < -0.3 is 19.9 Å². The molecule has 0 radical (unpaired) electrons. The van der Waals surface area contributed by atoms with E-state index in [4.69, 9.17) is 0 Å². The fourth-order valence-electron chi connectivity index (χ4n) is 4.43. The number of amides is 2. The lowest BCUT2D eigenvalue weighted by Crippen LogP contribution is -2.56. The van der Waals surface area contributed by atoms with E-state index in [-0.39, 0.29) is 23.9 Å². The molecule has 10 heteroatoms. The maximum absolute atomic E-state index is 13.8. The SMILES string of the molecule is CC1(CO)CCCC2CN1C(=O)c1cc(=O)c(C(=O)NCc3c(F)cc(F)cc3F)cn12. The Balaban J connectivity index is 1.63. The van der Waals surface area contributed by atoms with Gasteiger partial charge in [0.15, 0.2) is 5.43 Å². The summed E-state index contributed by atoms with van der Waals surface area (Å²) in [5, 5.41) is 12.1. The molecule has 2 atom stereocenters. The first-order valence-electron chi connectivity index (χ1n) is 10.3. The predicted molar refractivity (Wildman–Crippen MR) is 108 cm³/mol. The highest BCUT2D eigenvalue weighted by Gasteiger charge is 2.43. The fraction of sp³-hybridized carbons (Fsp3) is 0.409. The zero-order valence-electron chi connectivity index (χ0n) is 17.3. The van der Waals surface area contributed by atoms with E-state index in [9.17, 15) is 32.7 Å². The van der Waals surface area contributed by atoms with Gasteiger partial charge >= 0.3 is 0 Å². The van der Waals surface area contributed by atoms with Crippen molar-refractivity contribution in [3.63, 3.8) is 0 Å². The zero-order chi connectivity index (χ0) is 23.2. The van der Waals surface area contributed by atoms with Crippen LogP contribution >= 0.6 is 0 Å². The van der Waals surface area contributed by atoms with E-state index in [1.807, 2.05) is 0 Å². The largest absolute Gasteiger partial charge is 0.394 e. The Morgan fingerprint density at radius 3 is 2.56 bits per heavy atom. The number of nitrogens with zero attached hydrogens (tertiary/aromatic N) is 2. The van der Waals surface area contributed by atoms with Crippen LogP contribution < -0.4 is 10.7 Å². The van der Waals surface area contributed by atoms with Gasteiger partial charge in [-0.25, -0.2) is 13.2 Å². The summed E-state index contributed by atoms with van der Waals surface area (Å²) in [6, 6.07) is 1.90. The van der Waals surface area contributed by atoms with Crippen LogP contribution in [0.25, 0.3) is 0 Å². The summed E-state index contributed by atoms with van der Waals surface area (Å²) >= 11 is 0. The Hall–Kier alpha value is -3.14. The van der Waals surface area contributed by atoms with E-state index < -0.39 is 52.3 Å². The number of aliphatic hydroxyl groups is 1. The van der Waals surface area contributed by atoms with Crippen LogP contribution in [-0.4, -0.2) is 45.1 Å². The third-order valence-electron chi connectivity index (χ3n) is 6.35. The molecule has 2 aliphatic rings. The number of hydrogen-bond acceptors (Lipinski definition) is 4. The third-order valence-corrected chi connectivity index (χ3v) is 6.35. The summed E-state index contributed by atoms with van der Waals surface area (Å²) in [4.78, 5) is 39.9. The zero-order valence-corrected chi connectivity index (χ0v) is 17.3. The van der Waals surface area contributed by atoms with Crippen LogP contribution in [0.1, 0.15) is 58.6 Å². The van der Waals surface area contributed by atoms with Crippen LogP contribution in [0.4, 0.5) is 13.2 Å². The first-order chi connectivity index (χ1) is 15.1. The number of halogens is 3. The van der Waals surface area contributed by atoms with Crippen molar-refractivity contribution in [3.8, 4) is 0 Å². The third kappa shape index (κ3) is 3.68. The molecular formula is C22H22F3N3O4. The van der Waals surface area contributed by atoms with Gasteiger partial charge in [-0.2, -0.15) is 0 Å². The molecule has 4 rings (SSSR count). The second kappa shape index (κ2) is 8.09. The van der Waals surface area contributed by atoms with Crippen molar-refractivity contribution >= 4 is 11.8 Å². The van der Waals surface area contributed by atoms with Crippen molar-refractivity contribution in [3.05, 3.63) is 68.9 Å². The van der Waals surface area contributed by atoms with Gasteiger partial charge in [-0.15, -0.1) is 0 Å². The number of carbonyl (C=O) groups is 2. The maximum Gasteiger partial charge on any atom is 0.271 e. The van der Waals surface area contributed by atoms with Crippen molar-refractivity contribution in [2.45, 2.75) is 44.3 Å². The summed E-state index contributed by atoms with van der Waals surface area (Å²) in [5.74, 6) is -4.65. The van der Waals surface area contributed by atoms with Crippen molar-refractivity contribution in [2.24, 2.45) is 0 Å². The molecule has 7 nitrogen and oxygen atoms in total. The van der Waals surface area contributed by atoms with E-state index in [2.05, 4.69) is 5.32 Å². The lowest BCUT2D eigenvalue weighted by Gasteiger charge is -2.43. The van der Waals surface area contributed by atoms with Gasteiger partial charge in [0.1, 0.15) is 28.7 Å². The minimum atomic E-state index is -1.15. The molecule has 170 valence electrons. The molecule has 2 aliphatic heterocycles. The van der Waals surface area contributed by atoms with E-state index in [0.717, 1.165) is 12.5 Å². The number of rotatable bonds is 4. The second-order valence-electron chi connectivity index (χ2n) is 8.49. The molecule has 1 aromatic heterocycles. The number of nitrogens with one attached hydrogen (secondary N) is 1. The van der Waals surface area contributed by atoms with Gasteiger partial charge in [-0.1, -0.05) is 0 Å². The minimum absolute atomic E-state index is 0.125. The van der Waals surface area contributed by atoms with Crippen LogP contribution in [0.2, 0.25) is 0 Å². The summed E-state index contributed by atoms with van der Waals surface area (Å²) in [6.07, 6.45) is 3.32. The molecule has 1 fully saturated rings. The molecule has 0 saturated carbocycles. The Kier molecular flexibility index (Phi) is 5.58. The maximum atomic E-state index is 13.8. The van der Waals surface area contributed by atoms with Gasteiger partial charge in [0.2, 0.25) is 0 Å². The molecule has 1 aromatic carbocycles. The Morgan fingerprint density at radius 1 is 1.22 bits per heavy atom. The Morgan fingerprint density at radius 2 is 1.91 bits per heavy atom. The molecular weight excluding hydrogens is 427 g/mol. The lowest BCUT2D eigenvalue weighted by molar-refractivity contribution is 0.0213. The quantitative estimate of drug-likeness (QED) is 0.748. The van der Waals surface area contributed by atoms with Crippen molar-refractivity contribution in [2.75, 3.05) is 13.2 Å². The highest BCUT2D eigenvalue weighted by atomic mass is 19.1. The molecule has 2 aromatic rings. The van der Waals surface area contributed by atoms with Gasteiger partial charge in [0.25, 0.3) is 11.8 Å². The summed E-state index contributed by atoms with van der Waals surface area (Å²) in [6.45, 7) is 1.35. The number of aromatic nitrogens is 1. The number of hydrogen-bond donors (Lipinski definition) is 2. The van der Waals surface area contributed by atoms with Crippen LogP contribution in [-0.2, 0) is 6.54 Å². The van der Waals surface area contributed by atoms with Gasteiger partial charge in [-0.05, 0) is 26.2 Å². The van der Waals surface area contributed by atoms with Crippen LogP contribution in [0.3, 0.4) is 0 Å². The first-order valence-corrected chi connectivity index (χ1v) is 10.3. The molecule has 3 heterocycles. The smallest absolute Gasteiger partial charge is 0.271 e. The molecule has 2 bridgehead atoms. The molecule has 2 N–H and O–H groups in total. The molecule has 0 aliphatic carbocycles. The minimum Gasteiger partial charge on any atom is -0.394 e. The number of pyridine rings is 1. The van der Waals surface area contributed by atoms with E-state index in [1.165, 1.54) is 6.20 Å². The monoisotopic (exact) mass is 449 g/mol. The molecule has 1 saturated heterocycles. The second-order valence-corrected chi connectivity index (χ2v) is 8.49. The number of aliphatic hydroxyl groups excluding tert-OH is 1. The van der Waals surface area contributed by atoms with E-state index in [1.54, 1.807) is 16.4 Å². The summed E-state index contributed by atoms with van der Waals surface area (Å²) < 4.78 is 42.3. The summed E-state index contributed by atoms with van der Waals surface area (Å²) in [7, 11) is 0. The van der Waals surface area contributed by atoms with Gasteiger partial charge in [0, 0.05) is 43.0 Å². The number of benzene rings is 1. The fourth-order valence-corrected chi connectivity index (χ4v) is 4.43. The molecule has 0 spiro atoms. The van der Waals surface area contributed by atoms with Crippen LogP contribution in [0, 0.1) is 17.5 Å². The first kappa shape index (κ1) is 22.1. The Labute approximate surface area is 181 Å². The van der Waals surface area contributed by atoms with Crippen molar-refractivity contribution in [1.82, 2.24) is 14.8 Å².